The topological polar surface area (TPSA) is 95.9 Å². The number of ether oxygens (including phenoxy) is 1. The molecule has 2 N–H and O–H groups in total. The Hall–Kier alpha value is -2.41. The van der Waals surface area contributed by atoms with Crippen molar-refractivity contribution in [2.75, 3.05) is 26.8 Å². The van der Waals surface area contributed by atoms with Crippen LogP contribution < -0.4 is 5.32 Å². The van der Waals surface area contributed by atoms with E-state index in [0.717, 1.165) is 0 Å². The number of aromatic carboxylic acids is 1. The second-order valence-corrected chi connectivity index (χ2v) is 5.75. The SMILES string of the molecule is COCCC(=O)N1CCC(NC(=O)c2ccc(C(=O)O)cc2)CC1. The minimum Gasteiger partial charge on any atom is -0.478 e. The van der Waals surface area contributed by atoms with E-state index in [-0.39, 0.29) is 23.4 Å². The van der Waals surface area contributed by atoms with Gasteiger partial charge in [-0.3, -0.25) is 9.59 Å². The van der Waals surface area contributed by atoms with Crippen molar-refractivity contribution in [3.05, 3.63) is 35.4 Å². The maximum atomic E-state index is 12.2. The molecule has 0 spiro atoms. The van der Waals surface area contributed by atoms with Gasteiger partial charge in [-0.1, -0.05) is 0 Å². The van der Waals surface area contributed by atoms with Crippen LogP contribution in [0.3, 0.4) is 0 Å². The molecule has 1 aromatic rings. The summed E-state index contributed by atoms with van der Waals surface area (Å²) in [5.41, 5.74) is 0.577. The molecule has 1 fully saturated rings. The minimum absolute atomic E-state index is 0.0168. The van der Waals surface area contributed by atoms with Crippen molar-refractivity contribution in [1.82, 2.24) is 10.2 Å². The summed E-state index contributed by atoms with van der Waals surface area (Å²) in [7, 11) is 1.57. The molecule has 7 nitrogen and oxygen atoms in total. The second kappa shape index (κ2) is 8.44. The minimum atomic E-state index is -1.02. The van der Waals surface area contributed by atoms with Crippen molar-refractivity contribution in [1.29, 1.82) is 0 Å². The van der Waals surface area contributed by atoms with Gasteiger partial charge in [0.15, 0.2) is 0 Å². The first-order valence-electron chi connectivity index (χ1n) is 7.92. The largest absolute Gasteiger partial charge is 0.478 e. The average molecular weight is 334 g/mol. The number of likely N-dealkylation sites (tertiary alicyclic amines) is 1. The van der Waals surface area contributed by atoms with Crippen molar-refractivity contribution in [3.8, 4) is 0 Å². The summed E-state index contributed by atoms with van der Waals surface area (Å²) < 4.78 is 4.91. The summed E-state index contributed by atoms with van der Waals surface area (Å²) in [5.74, 6) is -1.17. The molecule has 130 valence electrons. The lowest BCUT2D eigenvalue weighted by molar-refractivity contribution is -0.133. The third-order valence-electron chi connectivity index (χ3n) is 4.10. The second-order valence-electron chi connectivity index (χ2n) is 5.75. The predicted molar refractivity (Wildman–Crippen MR) is 87.0 cm³/mol. The number of rotatable bonds is 6. The van der Waals surface area contributed by atoms with Gasteiger partial charge in [0.2, 0.25) is 5.91 Å². The van der Waals surface area contributed by atoms with Crippen molar-refractivity contribution in [3.63, 3.8) is 0 Å². The van der Waals surface area contributed by atoms with Gasteiger partial charge in [0.25, 0.3) is 5.91 Å². The molecule has 0 bridgehead atoms. The Labute approximate surface area is 140 Å². The number of carbonyl (C=O) groups is 3. The zero-order valence-corrected chi connectivity index (χ0v) is 13.7. The fourth-order valence-electron chi connectivity index (χ4n) is 2.65. The van der Waals surface area contributed by atoms with E-state index in [1.165, 1.54) is 24.3 Å². The van der Waals surface area contributed by atoms with E-state index in [1.807, 2.05) is 0 Å². The van der Waals surface area contributed by atoms with Crippen LogP contribution in [-0.2, 0) is 9.53 Å². The van der Waals surface area contributed by atoms with Gasteiger partial charge in [-0.2, -0.15) is 0 Å². The molecular formula is C17H22N2O5. The molecule has 1 aromatic carbocycles. The fourth-order valence-corrected chi connectivity index (χ4v) is 2.65. The molecule has 24 heavy (non-hydrogen) atoms. The number of carboxylic acid groups (broad SMARTS) is 1. The summed E-state index contributed by atoms with van der Waals surface area (Å²) >= 11 is 0. The highest BCUT2D eigenvalue weighted by molar-refractivity contribution is 5.96. The molecule has 0 aliphatic carbocycles. The quantitative estimate of drug-likeness (QED) is 0.813. The van der Waals surface area contributed by atoms with Crippen LogP contribution in [0.1, 0.15) is 40.0 Å². The molecular weight excluding hydrogens is 312 g/mol. The van der Waals surface area contributed by atoms with E-state index in [4.69, 9.17) is 9.84 Å². The van der Waals surface area contributed by atoms with Crippen LogP contribution in [0.2, 0.25) is 0 Å². The zero-order chi connectivity index (χ0) is 17.5. The van der Waals surface area contributed by atoms with E-state index < -0.39 is 5.97 Å². The first kappa shape index (κ1) is 17.9. The van der Waals surface area contributed by atoms with E-state index in [1.54, 1.807) is 12.0 Å². The summed E-state index contributed by atoms with van der Waals surface area (Å²) in [5, 5.41) is 11.8. The summed E-state index contributed by atoms with van der Waals surface area (Å²) in [4.78, 5) is 36.7. The Bertz CT molecular complexity index is 592. The number of hydrogen-bond donors (Lipinski definition) is 2. The molecule has 2 amide bonds. The van der Waals surface area contributed by atoms with Gasteiger partial charge in [0.05, 0.1) is 18.6 Å². The van der Waals surface area contributed by atoms with Crippen LogP contribution >= 0.6 is 0 Å². The molecule has 2 rings (SSSR count). The number of carbonyl (C=O) groups excluding carboxylic acids is 2. The number of hydrogen-bond acceptors (Lipinski definition) is 4. The lowest BCUT2D eigenvalue weighted by Gasteiger charge is -2.32. The van der Waals surface area contributed by atoms with Gasteiger partial charge in [-0.05, 0) is 37.1 Å². The van der Waals surface area contributed by atoms with Crippen LogP contribution in [0.15, 0.2) is 24.3 Å². The number of nitrogens with zero attached hydrogens (tertiary/aromatic N) is 1. The molecule has 0 atom stereocenters. The highest BCUT2D eigenvalue weighted by Gasteiger charge is 2.23. The van der Waals surface area contributed by atoms with E-state index >= 15 is 0 Å². The van der Waals surface area contributed by atoms with Gasteiger partial charge in [-0.15, -0.1) is 0 Å². The summed E-state index contributed by atoms with van der Waals surface area (Å²) in [6.07, 6.45) is 1.79. The number of benzene rings is 1. The molecule has 0 aromatic heterocycles. The van der Waals surface area contributed by atoms with Crippen LogP contribution in [-0.4, -0.2) is 60.6 Å². The number of piperidine rings is 1. The van der Waals surface area contributed by atoms with Crippen molar-refractivity contribution in [2.24, 2.45) is 0 Å². The standard InChI is InChI=1S/C17H22N2O5/c1-24-11-8-15(20)19-9-6-14(7-10-19)18-16(21)12-2-4-13(5-3-12)17(22)23/h2-5,14H,6-11H2,1H3,(H,18,21)(H,22,23). The Balaban J connectivity index is 1.81. The highest BCUT2D eigenvalue weighted by Crippen LogP contribution is 2.13. The van der Waals surface area contributed by atoms with Crippen LogP contribution in [0.5, 0.6) is 0 Å². The van der Waals surface area contributed by atoms with Crippen molar-refractivity contribution >= 4 is 17.8 Å². The monoisotopic (exact) mass is 334 g/mol. The Morgan fingerprint density at radius 3 is 2.29 bits per heavy atom. The van der Waals surface area contributed by atoms with E-state index in [0.29, 0.717) is 44.5 Å². The van der Waals surface area contributed by atoms with Gasteiger partial charge in [0, 0.05) is 31.8 Å². The molecule has 0 saturated carbocycles. The smallest absolute Gasteiger partial charge is 0.335 e. The number of amides is 2. The molecule has 1 heterocycles. The summed E-state index contributed by atoms with van der Waals surface area (Å²) in [6.45, 7) is 1.65. The van der Waals surface area contributed by atoms with Gasteiger partial charge in [-0.25, -0.2) is 4.79 Å². The summed E-state index contributed by atoms with van der Waals surface area (Å²) in [6, 6.07) is 5.84. The van der Waals surface area contributed by atoms with Crippen LogP contribution in [0, 0.1) is 0 Å². The zero-order valence-electron chi connectivity index (χ0n) is 13.7. The maximum absolute atomic E-state index is 12.2. The molecule has 1 saturated heterocycles. The molecule has 0 unspecified atom stereocenters. The molecule has 1 aliphatic heterocycles. The first-order valence-corrected chi connectivity index (χ1v) is 7.92. The first-order chi connectivity index (χ1) is 11.5. The third kappa shape index (κ3) is 4.79. The molecule has 1 aliphatic rings. The lowest BCUT2D eigenvalue weighted by Crippen LogP contribution is -2.46. The molecule has 7 heteroatoms. The predicted octanol–water partition coefficient (Wildman–Crippen LogP) is 1.14. The fraction of sp³-hybridized carbons (Fsp3) is 0.471. The van der Waals surface area contributed by atoms with Gasteiger partial charge in [0.1, 0.15) is 0 Å². The number of carboxylic acids is 1. The van der Waals surface area contributed by atoms with Gasteiger partial charge >= 0.3 is 5.97 Å². The number of methoxy groups -OCH3 is 1. The lowest BCUT2D eigenvalue weighted by atomic mass is 10.0. The Kier molecular flexibility index (Phi) is 6.31. The van der Waals surface area contributed by atoms with Crippen LogP contribution in [0.25, 0.3) is 0 Å². The van der Waals surface area contributed by atoms with Crippen LogP contribution in [0.4, 0.5) is 0 Å². The van der Waals surface area contributed by atoms with Crippen molar-refractivity contribution in [2.45, 2.75) is 25.3 Å². The molecule has 0 radical (unpaired) electrons. The Morgan fingerprint density at radius 2 is 1.75 bits per heavy atom. The van der Waals surface area contributed by atoms with Crippen molar-refractivity contribution < 1.29 is 24.2 Å². The normalized spacial score (nSPS) is 15.1. The third-order valence-corrected chi connectivity index (χ3v) is 4.10. The highest BCUT2D eigenvalue weighted by atomic mass is 16.5. The van der Waals surface area contributed by atoms with E-state index in [2.05, 4.69) is 5.32 Å². The maximum Gasteiger partial charge on any atom is 0.335 e. The average Bonchev–Trinajstić information content (AvgIpc) is 2.60. The number of nitrogens with one attached hydrogen (secondary N) is 1. The Morgan fingerprint density at radius 1 is 1.17 bits per heavy atom. The van der Waals surface area contributed by atoms with E-state index in [9.17, 15) is 14.4 Å². The van der Waals surface area contributed by atoms with Gasteiger partial charge < -0.3 is 20.1 Å².